The highest BCUT2D eigenvalue weighted by Crippen LogP contribution is 2.15. The SMILES string of the molecule is CC(C)C(O)CCNC(=O)Nc1ccccc1Cn1cncn1. The molecule has 0 saturated heterocycles. The second-order valence-corrected chi connectivity index (χ2v) is 5.73. The number of urea groups is 1. The Morgan fingerprint density at radius 2 is 2.13 bits per heavy atom. The molecule has 0 bridgehead atoms. The van der Waals surface area contributed by atoms with Gasteiger partial charge < -0.3 is 15.7 Å². The van der Waals surface area contributed by atoms with Crippen LogP contribution in [0.25, 0.3) is 0 Å². The lowest BCUT2D eigenvalue weighted by molar-refractivity contribution is 0.117. The largest absolute Gasteiger partial charge is 0.393 e. The Kier molecular flexibility index (Phi) is 6.10. The van der Waals surface area contributed by atoms with Gasteiger partial charge in [0, 0.05) is 12.2 Å². The van der Waals surface area contributed by atoms with Crippen LogP contribution in [0.4, 0.5) is 10.5 Å². The number of aliphatic hydroxyl groups excluding tert-OH is 1. The van der Waals surface area contributed by atoms with E-state index >= 15 is 0 Å². The first-order valence-corrected chi connectivity index (χ1v) is 7.69. The smallest absolute Gasteiger partial charge is 0.319 e. The maximum Gasteiger partial charge on any atom is 0.319 e. The maximum absolute atomic E-state index is 12.0. The lowest BCUT2D eigenvalue weighted by Crippen LogP contribution is -2.32. The van der Waals surface area contributed by atoms with Crippen molar-refractivity contribution in [3.63, 3.8) is 0 Å². The summed E-state index contributed by atoms with van der Waals surface area (Å²) in [5.41, 5.74) is 1.67. The Labute approximate surface area is 135 Å². The van der Waals surface area contributed by atoms with Crippen LogP contribution >= 0.6 is 0 Å². The summed E-state index contributed by atoms with van der Waals surface area (Å²) >= 11 is 0. The molecule has 1 aromatic heterocycles. The Morgan fingerprint density at radius 3 is 2.83 bits per heavy atom. The number of nitrogens with one attached hydrogen (secondary N) is 2. The Morgan fingerprint density at radius 1 is 1.35 bits per heavy atom. The molecular weight excluding hydrogens is 294 g/mol. The third kappa shape index (κ3) is 5.37. The molecule has 3 N–H and O–H groups in total. The van der Waals surface area contributed by atoms with Gasteiger partial charge in [-0.3, -0.25) is 0 Å². The van der Waals surface area contributed by atoms with Crippen molar-refractivity contribution in [1.82, 2.24) is 20.1 Å². The van der Waals surface area contributed by atoms with Gasteiger partial charge >= 0.3 is 6.03 Å². The van der Waals surface area contributed by atoms with E-state index in [1.54, 1.807) is 11.0 Å². The van der Waals surface area contributed by atoms with Crippen LogP contribution in [0.15, 0.2) is 36.9 Å². The highest BCUT2D eigenvalue weighted by molar-refractivity contribution is 5.90. The Balaban J connectivity index is 1.88. The average molecular weight is 317 g/mol. The minimum atomic E-state index is -0.407. The zero-order chi connectivity index (χ0) is 16.7. The molecule has 2 amide bonds. The van der Waals surface area contributed by atoms with Crippen molar-refractivity contribution in [2.24, 2.45) is 5.92 Å². The van der Waals surface area contributed by atoms with Crippen LogP contribution in [0.1, 0.15) is 25.8 Å². The molecule has 0 spiro atoms. The van der Waals surface area contributed by atoms with Crippen LogP contribution < -0.4 is 10.6 Å². The fraction of sp³-hybridized carbons (Fsp3) is 0.438. The summed E-state index contributed by atoms with van der Waals surface area (Å²) in [6, 6.07) is 7.26. The molecule has 1 heterocycles. The number of benzene rings is 1. The standard InChI is InChI=1S/C16H23N5O2/c1-12(2)15(22)7-8-18-16(23)20-14-6-4-3-5-13(14)9-21-11-17-10-19-21/h3-6,10-12,15,22H,7-9H2,1-2H3,(H2,18,20,23). The fourth-order valence-electron chi connectivity index (χ4n) is 2.10. The molecule has 1 atom stereocenters. The van der Waals surface area contributed by atoms with Crippen molar-refractivity contribution in [2.75, 3.05) is 11.9 Å². The summed E-state index contributed by atoms with van der Waals surface area (Å²) in [4.78, 5) is 15.9. The lowest BCUT2D eigenvalue weighted by Gasteiger charge is -2.15. The second-order valence-electron chi connectivity index (χ2n) is 5.73. The topological polar surface area (TPSA) is 92.1 Å². The number of anilines is 1. The molecule has 0 aliphatic carbocycles. The molecule has 2 aromatic rings. The average Bonchev–Trinajstić information content (AvgIpc) is 3.02. The number of hydrogen-bond acceptors (Lipinski definition) is 4. The van der Waals surface area contributed by atoms with Gasteiger partial charge in [0.2, 0.25) is 0 Å². The quantitative estimate of drug-likeness (QED) is 0.727. The predicted octanol–water partition coefficient (Wildman–Crippen LogP) is 1.85. The van der Waals surface area contributed by atoms with Gasteiger partial charge in [-0.05, 0) is 24.0 Å². The van der Waals surface area contributed by atoms with Crippen molar-refractivity contribution in [2.45, 2.75) is 32.9 Å². The highest BCUT2D eigenvalue weighted by atomic mass is 16.3. The number of hydrogen-bond donors (Lipinski definition) is 3. The molecule has 0 radical (unpaired) electrons. The van der Waals surface area contributed by atoms with E-state index in [0.717, 1.165) is 11.3 Å². The molecule has 1 aromatic carbocycles. The van der Waals surface area contributed by atoms with E-state index in [-0.39, 0.29) is 11.9 Å². The minimum Gasteiger partial charge on any atom is -0.393 e. The molecule has 0 aliphatic rings. The molecule has 2 rings (SSSR count). The number of rotatable bonds is 7. The highest BCUT2D eigenvalue weighted by Gasteiger charge is 2.10. The Bertz CT molecular complexity index is 613. The number of nitrogens with zero attached hydrogens (tertiary/aromatic N) is 3. The van der Waals surface area contributed by atoms with Gasteiger partial charge in [-0.15, -0.1) is 0 Å². The molecule has 23 heavy (non-hydrogen) atoms. The van der Waals surface area contributed by atoms with Crippen molar-refractivity contribution >= 4 is 11.7 Å². The van der Waals surface area contributed by atoms with Gasteiger partial charge in [-0.1, -0.05) is 32.0 Å². The third-order valence-electron chi connectivity index (χ3n) is 3.56. The van der Waals surface area contributed by atoms with Crippen LogP contribution in [0, 0.1) is 5.92 Å². The number of para-hydroxylation sites is 1. The molecule has 0 aliphatic heterocycles. The summed E-state index contributed by atoms with van der Waals surface area (Å²) in [6.07, 6.45) is 3.23. The molecule has 1 unspecified atom stereocenters. The summed E-state index contributed by atoms with van der Waals surface area (Å²) in [5, 5.41) is 19.4. The number of amides is 2. The van der Waals surface area contributed by atoms with Crippen molar-refractivity contribution in [3.05, 3.63) is 42.5 Å². The zero-order valence-electron chi connectivity index (χ0n) is 13.4. The third-order valence-corrected chi connectivity index (χ3v) is 3.56. The monoisotopic (exact) mass is 317 g/mol. The number of aliphatic hydroxyl groups is 1. The normalized spacial score (nSPS) is 12.2. The summed E-state index contributed by atoms with van der Waals surface area (Å²) in [7, 11) is 0. The summed E-state index contributed by atoms with van der Waals surface area (Å²) in [6.45, 7) is 4.86. The predicted molar refractivity (Wildman–Crippen MR) is 88.0 cm³/mol. The number of carbonyl (C=O) groups is 1. The summed E-state index contributed by atoms with van der Waals surface area (Å²) < 4.78 is 1.69. The van der Waals surface area contributed by atoms with Gasteiger partial charge in [0.1, 0.15) is 12.7 Å². The number of aromatic nitrogens is 3. The molecule has 124 valence electrons. The van der Waals surface area contributed by atoms with Gasteiger partial charge in [-0.2, -0.15) is 5.10 Å². The second kappa shape index (κ2) is 8.28. The molecule has 0 saturated carbocycles. The van der Waals surface area contributed by atoms with Crippen LogP contribution in [0.5, 0.6) is 0 Å². The van der Waals surface area contributed by atoms with Crippen LogP contribution in [-0.2, 0) is 6.54 Å². The van der Waals surface area contributed by atoms with E-state index in [1.807, 2.05) is 38.1 Å². The van der Waals surface area contributed by atoms with E-state index in [4.69, 9.17) is 0 Å². The van der Waals surface area contributed by atoms with Crippen molar-refractivity contribution in [3.8, 4) is 0 Å². The Hall–Kier alpha value is -2.41. The number of carbonyl (C=O) groups excluding carboxylic acids is 1. The van der Waals surface area contributed by atoms with E-state index in [9.17, 15) is 9.90 Å². The molecule has 7 heteroatoms. The first kappa shape index (κ1) is 17.0. The van der Waals surface area contributed by atoms with E-state index < -0.39 is 6.10 Å². The molecule has 0 fully saturated rings. The van der Waals surface area contributed by atoms with Crippen LogP contribution in [0.2, 0.25) is 0 Å². The van der Waals surface area contributed by atoms with Gasteiger partial charge in [0.15, 0.2) is 0 Å². The zero-order valence-corrected chi connectivity index (χ0v) is 13.4. The molecule has 7 nitrogen and oxygen atoms in total. The van der Waals surface area contributed by atoms with Gasteiger partial charge in [0.05, 0.1) is 12.6 Å². The van der Waals surface area contributed by atoms with E-state index in [2.05, 4.69) is 20.7 Å². The van der Waals surface area contributed by atoms with Crippen molar-refractivity contribution < 1.29 is 9.90 Å². The van der Waals surface area contributed by atoms with E-state index in [1.165, 1.54) is 6.33 Å². The fourth-order valence-corrected chi connectivity index (χ4v) is 2.10. The maximum atomic E-state index is 12.0. The first-order chi connectivity index (χ1) is 11.1. The van der Waals surface area contributed by atoms with Gasteiger partial charge in [0.25, 0.3) is 0 Å². The van der Waals surface area contributed by atoms with Crippen LogP contribution in [-0.4, -0.2) is 38.6 Å². The lowest BCUT2D eigenvalue weighted by atomic mass is 10.0. The first-order valence-electron chi connectivity index (χ1n) is 7.69. The van der Waals surface area contributed by atoms with Crippen molar-refractivity contribution in [1.29, 1.82) is 0 Å². The van der Waals surface area contributed by atoms with E-state index in [0.29, 0.717) is 19.5 Å². The minimum absolute atomic E-state index is 0.184. The van der Waals surface area contributed by atoms with Crippen LogP contribution in [0.3, 0.4) is 0 Å². The molecular formula is C16H23N5O2. The van der Waals surface area contributed by atoms with Gasteiger partial charge in [-0.25, -0.2) is 14.5 Å². The summed E-state index contributed by atoms with van der Waals surface area (Å²) in [5.74, 6) is 0.184.